The maximum absolute atomic E-state index is 12.2. The highest BCUT2D eigenvalue weighted by atomic mass is 16.2. The second-order valence-corrected chi connectivity index (χ2v) is 6.38. The Morgan fingerprint density at radius 1 is 1.33 bits per heavy atom. The van der Waals surface area contributed by atoms with Crippen molar-refractivity contribution in [3.8, 4) is 0 Å². The molecular weight excluding hydrogens is 308 g/mol. The standard InChI is InChI=1S/C17H22N4O3/c18-16(23)14-5-2-8-21(14)10-11-3-1-4-12(9-11)19-17(24)13-6-7-15(22)20-13/h1,3-4,9,13-14H,2,5-8,10H2,(H2,18,23)(H,19,24)(H,20,22)/t13-,14?/m1/s1. The van der Waals surface area contributed by atoms with E-state index in [1.807, 2.05) is 24.3 Å². The third kappa shape index (κ3) is 3.73. The highest BCUT2D eigenvalue weighted by molar-refractivity contribution is 5.99. The molecule has 0 saturated carbocycles. The fourth-order valence-corrected chi connectivity index (χ4v) is 3.36. The lowest BCUT2D eigenvalue weighted by Crippen LogP contribution is -2.39. The number of hydrogen-bond acceptors (Lipinski definition) is 4. The molecule has 1 aromatic rings. The van der Waals surface area contributed by atoms with Crippen LogP contribution in [-0.4, -0.2) is 41.2 Å². The Bertz CT molecular complexity index is 661. The van der Waals surface area contributed by atoms with Crippen molar-refractivity contribution in [2.24, 2.45) is 5.73 Å². The van der Waals surface area contributed by atoms with Gasteiger partial charge in [0.2, 0.25) is 17.7 Å². The highest BCUT2D eigenvalue weighted by Gasteiger charge is 2.29. The van der Waals surface area contributed by atoms with Crippen LogP contribution in [0.3, 0.4) is 0 Å². The van der Waals surface area contributed by atoms with E-state index in [9.17, 15) is 14.4 Å². The van der Waals surface area contributed by atoms with E-state index < -0.39 is 6.04 Å². The van der Waals surface area contributed by atoms with Crippen LogP contribution in [0.15, 0.2) is 24.3 Å². The normalized spacial score (nSPS) is 23.9. The molecule has 2 heterocycles. The van der Waals surface area contributed by atoms with Crippen LogP contribution < -0.4 is 16.4 Å². The lowest BCUT2D eigenvalue weighted by Gasteiger charge is -2.22. The molecule has 1 unspecified atom stereocenters. The number of anilines is 1. The Hall–Kier alpha value is -2.41. The minimum Gasteiger partial charge on any atom is -0.368 e. The molecule has 3 amide bonds. The number of nitrogens with one attached hydrogen (secondary N) is 2. The van der Waals surface area contributed by atoms with Crippen molar-refractivity contribution in [2.45, 2.75) is 44.3 Å². The van der Waals surface area contributed by atoms with Crippen molar-refractivity contribution in [3.63, 3.8) is 0 Å². The SMILES string of the molecule is NC(=O)C1CCCN1Cc1cccc(NC(=O)[C@H]2CCC(=O)N2)c1. The Morgan fingerprint density at radius 2 is 2.17 bits per heavy atom. The Kier molecular flexibility index (Phi) is 4.80. The number of carbonyl (C=O) groups excluding carboxylic acids is 3. The number of likely N-dealkylation sites (tertiary alicyclic amines) is 1. The number of carbonyl (C=O) groups is 3. The van der Waals surface area contributed by atoms with Gasteiger partial charge in [-0.1, -0.05) is 12.1 Å². The monoisotopic (exact) mass is 330 g/mol. The Morgan fingerprint density at radius 3 is 2.88 bits per heavy atom. The number of rotatable bonds is 5. The van der Waals surface area contributed by atoms with Crippen molar-refractivity contribution >= 4 is 23.4 Å². The van der Waals surface area contributed by atoms with Crippen LogP contribution in [0.1, 0.15) is 31.2 Å². The van der Waals surface area contributed by atoms with Crippen LogP contribution in [0.2, 0.25) is 0 Å². The second kappa shape index (κ2) is 7.00. The lowest BCUT2D eigenvalue weighted by atomic mass is 10.1. The van der Waals surface area contributed by atoms with E-state index in [1.165, 1.54) is 0 Å². The number of hydrogen-bond donors (Lipinski definition) is 3. The second-order valence-electron chi connectivity index (χ2n) is 6.38. The first kappa shape index (κ1) is 16.4. The lowest BCUT2D eigenvalue weighted by molar-refractivity contribution is -0.122. The number of benzene rings is 1. The zero-order valence-electron chi connectivity index (χ0n) is 13.5. The van der Waals surface area contributed by atoms with Gasteiger partial charge in [0.05, 0.1) is 6.04 Å². The molecular formula is C17H22N4O3. The van der Waals surface area contributed by atoms with Gasteiger partial charge < -0.3 is 16.4 Å². The molecule has 3 rings (SSSR count). The van der Waals surface area contributed by atoms with Crippen molar-refractivity contribution < 1.29 is 14.4 Å². The summed E-state index contributed by atoms with van der Waals surface area (Å²) in [5.74, 6) is -0.571. The first-order chi connectivity index (χ1) is 11.5. The van der Waals surface area contributed by atoms with Gasteiger partial charge in [0.15, 0.2) is 0 Å². The third-order valence-corrected chi connectivity index (χ3v) is 4.58. The summed E-state index contributed by atoms with van der Waals surface area (Å²) in [5, 5.41) is 5.49. The summed E-state index contributed by atoms with van der Waals surface area (Å²) in [5.41, 5.74) is 7.15. The average molecular weight is 330 g/mol. The van der Waals surface area contributed by atoms with Crippen LogP contribution in [0.5, 0.6) is 0 Å². The first-order valence-corrected chi connectivity index (χ1v) is 8.25. The predicted octanol–water partition coefficient (Wildman–Crippen LogP) is 0.353. The molecule has 24 heavy (non-hydrogen) atoms. The number of amides is 3. The van der Waals surface area contributed by atoms with Gasteiger partial charge in [-0.2, -0.15) is 0 Å². The van der Waals surface area contributed by atoms with Crippen molar-refractivity contribution in [2.75, 3.05) is 11.9 Å². The first-order valence-electron chi connectivity index (χ1n) is 8.25. The zero-order valence-corrected chi connectivity index (χ0v) is 13.5. The van der Waals surface area contributed by atoms with Crippen LogP contribution in [0, 0.1) is 0 Å². The van der Waals surface area contributed by atoms with Crippen molar-refractivity contribution in [3.05, 3.63) is 29.8 Å². The van der Waals surface area contributed by atoms with Gasteiger partial charge >= 0.3 is 0 Å². The quantitative estimate of drug-likeness (QED) is 0.724. The van der Waals surface area contributed by atoms with E-state index >= 15 is 0 Å². The van der Waals surface area contributed by atoms with Gasteiger partial charge in [0.1, 0.15) is 6.04 Å². The molecule has 4 N–H and O–H groups in total. The summed E-state index contributed by atoms with van der Waals surface area (Å²) in [4.78, 5) is 36.9. The topological polar surface area (TPSA) is 105 Å². The fourth-order valence-electron chi connectivity index (χ4n) is 3.36. The smallest absolute Gasteiger partial charge is 0.246 e. The maximum Gasteiger partial charge on any atom is 0.246 e. The van der Waals surface area contributed by atoms with Crippen molar-refractivity contribution in [1.82, 2.24) is 10.2 Å². The van der Waals surface area contributed by atoms with Gasteiger partial charge in [-0.05, 0) is 43.5 Å². The molecule has 2 aliphatic heterocycles. The highest BCUT2D eigenvalue weighted by Crippen LogP contribution is 2.21. The summed E-state index contributed by atoms with van der Waals surface area (Å²) in [7, 11) is 0. The molecule has 0 aromatic heterocycles. The molecule has 1 aromatic carbocycles. The molecule has 0 spiro atoms. The van der Waals surface area contributed by atoms with Gasteiger partial charge in [-0.15, -0.1) is 0 Å². The van der Waals surface area contributed by atoms with Crippen LogP contribution >= 0.6 is 0 Å². The Labute approximate surface area is 140 Å². The molecule has 0 radical (unpaired) electrons. The molecule has 7 heteroatoms. The minimum atomic E-state index is -0.459. The summed E-state index contributed by atoms with van der Waals surface area (Å²) < 4.78 is 0. The van der Waals surface area contributed by atoms with E-state index in [2.05, 4.69) is 15.5 Å². The molecule has 2 aliphatic rings. The summed E-state index contributed by atoms with van der Waals surface area (Å²) in [6.45, 7) is 1.47. The molecule has 128 valence electrons. The van der Waals surface area contributed by atoms with Gasteiger partial charge in [0, 0.05) is 18.7 Å². The van der Waals surface area contributed by atoms with Crippen LogP contribution in [0.25, 0.3) is 0 Å². The van der Waals surface area contributed by atoms with E-state index in [0.29, 0.717) is 25.1 Å². The van der Waals surface area contributed by atoms with Crippen LogP contribution in [0.4, 0.5) is 5.69 Å². The van der Waals surface area contributed by atoms with Gasteiger partial charge in [0.25, 0.3) is 0 Å². The number of nitrogens with zero attached hydrogens (tertiary/aromatic N) is 1. The molecule has 2 saturated heterocycles. The largest absolute Gasteiger partial charge is 0.368 e. The van der Waals surface area contributed by atoms with Gasteiger partial charge in [-0.3, -0.25) is 19.3 Å². The average Bonchev–Trinajstić information content (AvgIpc) is 3.16. The molecule has 0 bridgehead atoms. The van der Waals surface area contributed by atoms with E-state index in [4.69, 9.17) is 5.73 Å². The third-order valence-electron chi connectivity index (χ3n) is 4.58. The van der Waals surface area contributed by atoms with Crippen molar-refractivity contribution in [1.29, 1.82) is 0 Å². The van der Waals surface area contributed by atoms with E-state index in [-0.39, 0.29) is 23.8 Å². The van der Waals surface area contributed by atoms with E-state index in [0.717, 1.165) is 24.9 Å². The van der Waals surface area contributed by atoms with E-state index in [1.54, 1.807) is 0 Å². The number of nitrogens with two attached hydrogens (primary N) is 1. The molecule has 2 fully saturated rings. The van der Waals surface area contributed by atoms with Crippen LogP contribution in [-0.2, 0) is 20.9 Å². The zero-order chi connectivity index (χ0) is 17.1. The number of primary amides is 1. The van der Waals surface area contributed by atoms with Gasteiger partial charge in [-0.25, -0.2) is 0 Å². The summed E-state index contributed by atoms with van der Waals surface area (Å²) in [6, 6.07) is 6.87. The molecule has 2 atom stereocenters. The predicted molar refractivity (Wildman–Crippen MR) is 88.9 cm³/mol. The maximum atomic E-state index is 12.2. The molecule has 7 nitrogen and oxygen atoms in total. The summed E-state index contributed by atoms with van der Waals surface area (Å²) >= 11 is 0. The minimum absolute atomic E-state index is 0.0876. The Balaban J connectivity index is 1.63. The fraction of sp³-hybridized carbons (Fsp3) is 0.471. The summed E-state index contributed by atoms with van der Waals surface area (Å²) in [6.07, 6.45) is 2.68. The molecule has 0 aliphatic carbocycles.